The average Bonchev–Trinajstić information content (AvgIpc) is 2.91. The predicted octanol–water partition coefficient (Wildman–Crippen LogP) is 5.57. The smallest absolute Gasteiger partial charge is 0.343 e. The van der Waals surface area contributed by atoms with E-state index in [0.29, 0.717) is 53.3 Å². The number of esters is 1. The van der Waals surface area contributed by atoms with Crippen LogP contribution < -0.4 is 29.4 Å². The molecule has 0 saturated heterocycles. The lowest BCUT2D eigenvalue weighted by Crippen LogP contribution is -2.21. The molecule has 2 N–H and O–H groups in total. The molecule has 4 rings (SSSR count). The first kappa shape index (κ1) is 26.4. The topological polar surface area (TPSA) is 113 Å². The third-order valence-electron chi connectivity index (χ3n) is 5.90. The summed E-state index contributed by atoms with van der Waals surface area (Å²) in [6, 6.07) is 19.4. The molecule has 0 aromatic heterocycles. The zero-order valence-electron chi connectivity index (χ0n) is 21.8. The van der Waals surface area contributed by atoms with Crippen LogP contribution in [0.4, 0.5) is 0 Å². The summed E-state index contributed by atoms with van der Waals surface area (Å²) in [6.45, 7) is 7.10. The Bertz CT molecular complexity index is 1390. The quantitative estimate of drug-likeness (QED) is 0.291. The van der Waals surface area contributed by atoms with Crippen LogP contribution in [-0.2, 0) is 0 Å². The molecular weight excluding hydrogens is 484 g/mol. The molecule has 1 atom stereocenters. The van der Waals surface area contributed by atoms with E-state index >= 15 is 0 Å². The number of fused-ring (bicyclic) bond motifs is 1. The number of carbonyl (C=O) groups is 1. The monoisotopic (exact) mass is 514 g/mol. The summed E-state index contributed by atoms with van der Waals surface area (Å²) < 4.78 is 28.2. The fourth-order valence-corrected chi connectivity index (χ4v) is 4.10. The van der Waals surface area contributed by atoms with Crippen molar-refractivity contribution in [1.82, 2.24) is 0 Å². The minimum atomic E-state index is -0.525. The second-order valence-electron chi connectivity index (χ2n) is 9.09. The molecule has 3 aromatic carbocycles. The van der Waals surface area contributed by atoms with Gasteiger partial charge in [0.25, 0.3) is 0 Å². The number of methoxy groups -OCH3 is 1. The zero-order chi connectivity index (χ0) is 27.2. The molecule has 0 aliphatic carbocycles. The Morgan fingerprint density at radius 2 is 1.76 bits per heavy atom. The number of ether oxygens (including phenoxy) is 5. The molecule has 0 bridgehead atoms. The number of benzene rings is 3. The summed E-state index contributed by atoms with van der Waals surface area (Å²) >= 11 is 0. The molecular formula is C30H30N2O6. The number of nitriles is 1. The lowest BCUT2D eigenvalue weighted by molar-refractivity contribution is 0.0734. The van der Waals surface area contributed by atoms with Gasteiger partial charge in [-0.05, 0) is 60.9 Å². The number of allylic oxidation sites excluding steroid dienone is 1. The van der Waals surface area contributed by atoms with Crippen molar-refractivity contribution < 1.29 is 28.5 Å². The number of rotatable bonds is 9. The summed E-state index contributed by atoms with van der Waals surface area (Å²) in [7, 11) is 1.57. The molecule has 1 aliphatic rings. The molecule has 0 fully saturated rings. The molecule has 8 heteroatoms. The van der Waals surface area contributed by atoms with E-state index in [1.807, 2.05) is 25.1 Å². The van der Waals surface area contributed by atoms with Crippen LogP contribution in [0.3, 0.4) is 0 Å². The molecule has 1 aliphatic heterocycles. The number of hydrogen-bond donors (Lipinski definition) is 1. The van der Waals surface area contributed by atoms with Crippen molar-refractivity contribution in [3.8, 4) is 34.8 Å². The summed E-state index contributed by atoms with van der Waals surface area (Å²) in [5, 5.41) is 9.90. The van der Waals surface area contributed by atoms with Crippen LogP contribution in [0.5, 0.6) is 28.7 Å². The van der Waals surface area contributed by atoms with Gasteiger partial charge in [0.1, 0.15) is 28.9 Å². The fraction of sp³-hybridized carbons (Fsp3) is 0.267. The van der Waals surface area contributed by atoms with Crippen molar-refractivity contribution in [3.63, 3.8) is 0 Å². The Balaban J connectivity index is 1.63. The van der Waals surface area contributed by atoms with Crippen molar-refractivity contribution in [2.45, 2.75) is 26.7 Å². The first-order valence-electron chi connectivity index (χ1n) is 12.3. The van der Waals surface area contributed by atoms with Crippen molar-refractivity contribution >= 4 is 5.97 Å². The van der Waals surface area contributed by atoms with Gasteiger partial charge in [-0.25, -0.2) is 4.79 Å². The summed E-state index contributed by atoms with van der Waals surface area (Å²) in [5.74, 6) is 1.82. The predicted molar refractivity (Wildman–Crippen MR) is 142 cm³/mol. The standard InChI is InChI=1S/C30H30N2O6/c1-5-35-21-9-6-19(7-10-21)30(33)37-22-11-12-23-26(15-22)38-29(32)24(16-31)28(23)20-8-13-25(27(14-20)34-4)36-17-18(2)3/h6-15,18,28H,5,17,32H2,1-4H3. The van der Waals surface area contributed by atoms with Crippen LogP contribution in [0.2, 0.25) is 0 Å². The maximum absolute atomic E-state index is 12.7. The normalized spacial score (nSPS) is 14.3. The van der Waals surface area contributed by atoms with E-state index in [2.05, 4.69) is 19.9 Å². The molecule has 1 heterocycles. The Morgan fingerprint density at radius 3 is 2.42 bits per heavy atom. The minimum absolute atomic E-state index is 0.0147. The zero-order valence-corrected chi connectivity index (χ0v) is 21.8. The minimum Gasteiger partial charge on any atom is -0.494 e. The second-order valence-corrected chi connectivity index (χ2v) is 9.09. The fourth-order valence-electron chi connectivity index (χ4n) is 4.10. The molecule has 0 spiro atoms. The third-order valence-corrected chi connectivity index (χ3v) is 5.90. The van der Waals surface area contributed by atoms with Gasteiger partial charge < -0.3 is 29.4 Å². The van der Waals surface area contributed by atoms with E-state index in [0.717, 1.165) is 5.56 Å². The molecule has 8 nitrogen and oxygen atoms in total. The van der Waals surface area contributed by atoms with Gasteiger partial charge >= 0.3 is 5.97 Å². The highest BCUT2D eigenvalue weighted by Crippen LogP contribution is 2.45. The van der Waals surface area contributed by atoms with Gasteiger partial charge in [0.05, 0.1) is 31.8 Å². The SMILES string of the molecule is CCOc1ccc(C(=O)Oc2ccc3c(c2)OC(N)=C(C#N)C3c2ccc(OCC(C)C)c(OC)c2)cc1. The van der Waals surface area contributed by atoms with E-state index < -0.39 is 11.9 Å². The van der Waals surface area contributed by atoms with Gasteiger partial charge in [-0.2, -0.15) is 5.26 Å². The van der Waals surface area contributed by atoms with E-state index in [-0.39, 0.29) is 17.2 Å². The highest BCUT2D eigenvalue weighted by Gasteiger charge is 2.32. The van der Waals surface area contributed by atoms with Crippen LogP contribution in [-0.4, -0.2) is 26.3 Å². The van der Waals surface area contributed by atoms with Crippen LogP contribution in [0.1, 0.15) is 48.2 Å². The van der Waals surface area contributed by atoms with Crippen molar-refractivity contribution in [2.75, 3.05) is 20.3 Å². The molecule has 38 heavy (non-hydrogen) atoms. The summed E-state index contributed by atoms with van der Waals surface area (Å²) in [6.07, 6.45) is 0. The van der Waals surface area contributed by atoms with Crippen LogP contribution >= 0.6 is 0 Å². The number of carbonyl (C=O) groups excluding carboxylic acids is 1. The van der Waals surface area contributed by atoms with Gasteiger partial charge in [-0.15, -0.1) is 0 Å². The highest BCUT2D eigenvalue weighted by atomic mass is 16.5. The van der Waals surface area contributed by atoms with E-state index in [9.17, 15) is 10.1 Å². The molecule has 196 valence electrons. The second kappa shape index (κ2) is 11.6. The molecule has 0 saturated carbocycles. The van der Waals surface area contributed by atoms with Gasteiger partial charge in [0, 0.05) is 11.6 Å². The lowest BCUT2D eigenvalue weighted by atomic mass is 9.83. The Hall–Kier alpha value is -4.64. The van der Waals surface area contributed by atoms with E-state index in [1.165, 1.54) is 0 Å². The van der Waals surface area contributed by atoms with E-state index in [1.54, 1.807) is 49.6 Å². The largest absolute Gasteiger partial charge is 0.494 e. The first-order chi connectivity index (χ1) is 18.3. The van der Waals surface area contributed by atoms with Gasteiger partial charge in [-0.1, -0.05) is 26.0 Å². The average molecular weight is 515 g/mol. The van der Waals surface area contributed by atoms with Gasteiger partial charge in [0.15, 0.2) is 11.5 Å². The van der Waals surface area contributed by atoms with Gasteiger partial charge in [-0.3, -0.25) is 0 Å². The van der Waals surface area contributed by atoms with Crippen LogP contribution in [0.25, 0.3) is 0 Å². The third kappa shape index (κ3) is 5.68. The van der Waals surface area contributed by atoms with Crippen molar-refractivity contribution in [1.29, 1.82) is 5.26 Å². The number of hydrogen-bond acceptors (Lipinski definition) is 8. The maximum atomic E-state index is 12.7. The van der Waals surface area contributed by atoms with Gasteiger partial charge in [0.2, 0.25) is 5.88 Å². The molecule has 0 radical (unpaired) electrons. The Labute approximate surface area is 222 Å². The van der Waals surface area contributed by atoms with Crippen molar-refractivity contribution in [3.05, 3.63) is 88.8 Å². The maximum Gasteiger partial charge on any atom is 0.343 e. The Morgan fingerprint density at radius 1 is 1.03 bits per heavy atom. The highest BCUT2D eigenvalue weighted by molar-refractivity contribution is 5.91. The van der Waals surface area contributed by atoms with Crippen LogP contribution in [0.15, 0.2) is 72.1 Å². The number of nitrogens with two attached hydrogens (primary N) is 1. The first-order valence-corrected chi connectivity index (χ1v) is 12.3. The molecule has 3 aromatic rings. The molecule has 0 amide bonds. The number of nitrogens with zero attached hydrogens (tertiary/aromatic N) is 1. The van der Waals surface area contributed by atoms with Crippen LogP contribution in [0, 0.1) is 17.2 Å². The Kier molecular flexibility index (Phi) is 8.07. The summed E-state index contributed by atoms with van der Waals surface area (Å²) in [4.78, 5) is 12.7. The summed E-state index contributed by atoms with van der Waals surface area (Å²) in [5.41, 5.74) is 8.29. The lowest BCUT2D eigenvalue weighted by Gasteiger charge is -2.27. The van der Waals surface area contributed by atoms with E-state index in [4.69, 9.17) is 29.4 Å². The van der Waals surface area contributed by atoms with Crippen molar-refractivity contribution in [2.24, 2.45) is 11.7 Å². The molecule has 1 unspecified atom stereocenters.